The average Bonchev–Trinajstić information content (AvgIpc) is 2.68. The molecule has 0 aliphatic rings. The number of imidazole rings is 1. The Morgan fingerprint density at radius 2 is 2.25 bits per heavy atom. The van der Waals surface area contributed by atoms with Gasteiger partial charge in [-0.15, -0.1) is 0 Å². The first-order valence-electron chi connectivity index (χ1n) is 6.09. The molecule has 0 amide bonds. The van der Waals surface area contributed by atoms with E-state index < -0.39 is 0 Å². The monoisotopic (exact) mass is 225 g/mol. The first kappa shape index (κ1) is 13.2. The van der Waals surface area contributed by atoms with Gasteiger partial charge in [0, 0.05) is 45.6 Å². The van der Waals surface area contributed by atoms with Crippen LogP contribution in [0.5, 0.6) is 0 Å². The molecule has 4 nitrogen and oxygen atoms in total. The van der Waals surface area contributed by atoms with Gasteiger partial charge in [0.1, 0.15) is 5.82 Å². The molecule has 0 aliphatic heterocycles. The van der Waals surface area contributed by atoms with Crippen molar-refractivity contribution >= 4 is 0 Å². The van der Waals surface area contributed by atoms with E-state index in [-0.39, 0.29) is 0 Å². The molecule has 0 radical (unpaired) electrons. The lowest BCUT2D eigenvalue weighted by Gasteiger charge is -2.05. The topological polar surface area (TPSA) is 39.1 Å². The second kappa shape index (κ2) is 8.30. The van der Waals surface area contributed by atoms with E-state index >= 15 is 0 Å². The Morgan fingerprint density at radius 3 is 2.94 bits per heavy atom. The van der Waals surface area contributed by atoms with Crippen molar-refractivity contribution in [1.29, 1.82) is 0 Å². The summed E-state index contributed by atoms with van der Waals surface area (Å²) in [7, 11) is 2.03. The van der Waals surface area contributed by atoms with Crippen molar-refractivity contribution in [3.8, 4) is 0 Å². The van der Waals surface area contributed by atoms with Gasteiger partial charge in [-0.25, -0.2) is 4.98 Å². The third-order valence-electron chi connectivity index (χ3n) is 2.44. The minimum absolute atomic E-state index is 0.864. The highest BCUT2D eigenvalue weighted by molar-refractivity contribution is 4.91. The van der Waals surface area contributed by atoms with Gasteiger partial charge >= 0.3 is 0 Å². The van der Waals surface area contributed by atoms with Crippen LogP contribution < -0.4 is 5.32 Å². The summed E-state index contributed by atoms with van der Waals surface area (Å²) in [5, 5.41) is 3.39. The summed E-state index contributed by atoms with van der Waals surface area (Å²) < 4.78 is 7.46. The Balaban J connectivity index is 1.91. The molecule has 1 rings (SSSR count). The SMILES string of the molecule is CCCOCCCNCCc1nccn1C. The first-order chi connectivity index (χ1) is 7.84. The highest BCUT2D eigenvalue weighted by Crippen LogP contribution is 1.93. The molecule has 1 heterocycles. The predicted molar refractivity (Wildman–Crippen MR) is 65.5 cm³/mol. The van der Waals surface area contributed by atoms with E-state index in [9.17, 15) is 0 Å². The van der Waals surface area contributed by atoms with Gasteiger partial charge < -0.3 is 14.6 Å². The number of nitrogens with zero attached hydrogens (tertiary/aromatic N) is 2. The Morgan fingerprint density at radius 1 is 1.38 bits per heavy atom. The average molecular weight is 225 g/mol. The molecule has 1 aromatic rings. The second-order valence-electron chi connectivity index (χ2n) is 3.92. The molecule has 1 N–H and O–H groups in total. The van der Waals surface area contributed by atoms with Crippen LogP contribution in [0.3, 0.4) is 0 Å². The molecule has 0 aliphatic carbocycles. The molecule has 0 fully saturated rings. The maximum atomic E-state index is 5.40. The van der Waals surface area contributed by atoms with Crippen LogP contribution in [-0.2, 0) is 18.2 Å². The molecule has 92 valence electrons. The van der Waals surface area contributed by atoms with Gasteiger partial charge in [0.15, 0.2) is 0 Å². The largest absolute Gasteiger partial charge is 0.381 e. The summed E-state index contributed by atoms with van der Waals surface area (Å²) in [6.45, 7) is 5.88. The van der Waals surface area contributed by atoms with E-state index in [0.29, 0.717) is 0 Å². The molecule has 0 aromatic carbocycles. The first-order valence-corrected chi connectivity index (χ1v) is 6.09. The lowest BCUT2D eigenvalue weighted by atomic mass is 10.3. The van der Waals surface area contributed by atoms with Gasteiger partial charge in [-0.3, -0.25) is 0 Å². The smallest absolute Gasteiger partial charge is 0.109 e. The number of ether oxygens (including phenoxy) is 1. The summed E-state index contributed by atoms with van der Waals surface area (Å²) in [6.07, 6.45) is 6.99. The summed E-state index contributed by atoms with van der Waals surface area (Å²) in [5.41, 5.74) is 0. The van der Waals surface area contributed by atoms with Gasteiger partial charge in [0.05, 0.1) is 0 Å². The normalized spacial score (nSPS) is 10.9. The number of hydrogen-bond acceptors (Lipinski definition) is 3. The molecule has 0 saturated heterocycles. The molecular weight excluding hydrogens is 202 g/mol. The lowest BCUT2D eigenvalue weighted by molar-refractivity contribution is 0.132. The van der Waals surface area contributed by atoms with Crippen molar-refractivity contribution < 1.29 is 4.74 Å². The fourth-order valence-corrected chi connectivity index (χ4v) is 1.51. The second-order valence-corrected chi connectivity index (χ2v) is 3.92. The Labute approximate surface area is 98.0 Å². The van der Waals surface area contributed by atoms with Gasteiger partial charge in [-0.1, -0.05) is 6.92 Å². The fraction of sp³-hybridized carbons (Fsp3) is 0.750. The number of aromatic nitrogens is 2. The highest BCUT2D eigenvalue weighted by Gasteiger charge is 1.97. The minimum Gasteiger partial charge on any atom is -0.381 e. The zero-order valence-corrected chi connectivity index (χ0v) is 10.4. The zero-order chi connectivity index (χ0) is 11.6. The maximum Gasteiger partial charge on any atom is 0.109 e. The van der Waals surface area contributed by atoms with Crippen molar-refractivity contribution in [1.82, 2.24) is 14.9 Å². The molecule has 0 bridgehead atoms. The standard InChI is InChI=1S/C12H23N3O/c1-3-10-16-11-4-6-13-7-5-12-14-8-9-15(12)2/h8-9,13H,3-7,10-11H2,1-2H3. The third kappa shape index (κ3) is 5.28. The van der Waals surface area contributed by atoms with E-state index in [2.05, 4.69) is 21.8 Å². The molecule has 16 heavy (non-hydrogen) atoms. The molecule has 4 heteroatoms. The maximum absolute atomic E-state index is 5.40. The molecule has 0 unspecified atom stereocenters. The number of aryl methyl sites for hydroxylation is 1. The van der Waals surface area contributed by atoms with E-state index in [1.54, 1.807) is 0 Å². The lowest BCUT2D eigenvalue weighted by Crippen LogP contribution is -2.20. The quantitative estimate of drug-likeness (QED) is 0.645. The van der Waals surface area contributed by atoms with Crippen LogP contribution >= 0.6 is 0 Å². The molecule has 0 atom stereocenters. The van der Waals surface area contributed by atoms with Crippen LogP contribution in [-0.4, -0.2) is 35.9 Å². The van der Waals surface area contributed by atoms with Gasteiger partial charge in [-0.05, 0) is 19.4 Å². The summed E-state index contributed by atoms with van der Waals surface area (Å²) in [5.74, 6) is 1.13. The number of hydrogen-bond donors (Lipinski definition) is 1. The van der Waals surface area contributed by atoms with Gasteiger partial charge in [0.2, 0.25) is 0 Å². The summed E-state index contributed by atoms with van der Waals surface area (Å²) in [6, 6.07) is 0. The number of rotatable bonds is 9. The number of nitrogens with one attached hydrogen (secondary N) is 1. The minimum atomic E-state index is 0.864. The van der Waals surface area contributed by atoms with Crippen molar-refractivity contribution in [2.24, 2.45) is 7.05 Å². The third-order valence-corrected chi connectivity index (χ3v) is 2.44. The molecular formula is C12H23N3O. The van der Waals surface area contributed by atoms with Gasteiger partial charge in [0.25, 0.3) is 0 Å². The van der Waals surface area contributed by atoms with Crippen molar-refractivity contribution in [2.75, 3.05) is 26.3 Å². The van der Waals surface area contributed by atoms with Crippen molar-refractivity contribution in [3.63, 3.8) is 0 Å². The fourth-order valence-electron chi connectivity index (χ4n) is 1.51. The molecule has 0 spiro atoms. The van der Waals surface area contributed by atoms with Crippen molar-refractivity contribution in [2.45, 2.75) is 26.2 Å². The predicted octanol–water partition coefficient (Wildman–Crippen LogP) is 1.37. The highest BCUT2D eigenvalue weighted by atomic mass is 16.5. The van der Waals surface area contributed by atoms with Gasteiger partial charge in [-0.2, -0.15) is 0 Å². The van der Waals surface area contributed by atoms with Crippen molar-refractivity contribution in [3.05, 3.63) is 18.2 Å². The van der Waals surface area contributed by atoms with E-state index in [4.69, 9.17) is 4.74 Å². The zero-order valence-electron chi connectivity index (χ0n) is 10.4. The molecule has 0 saturated carbocycles. The van der Waals surface area contributed by atoms with E-state index in [0.717, 1.165) is 51.4 Å². The van der Waals surface area contributed by atoms with Crippen LogP contribution in [0.25, 0.3) is 0 Å². The molecule has 1 aromatic heterocycles. The van der Waals surface area contributed by atoms with Crippen LogP contribution in [0.2, 0.25) is 0 Å². The van der Waals surface area contributed by atoms with E-state index in [1.165, 1.54) is 0 Å². The van der Waals surface area contributed by atoms with E-state index in [1.807, 2.05) is 19.4 Å². The van der Waals surface area contributed by atoms with Crippen LogP contribution in [0.15, 0.2) is 12.4 Å². The Kier molecular flexibility index (Phi) is 6.85. The Bertz CT molecular complexity index is 273. The van der Waals surface area contributed by atoms with Crippen LogP contribution in [0.1, 0.15) is 25.6 Å². The summed E-state index contributed by atoms with van der Waals surface area (Å²) in [4.78, 5) is 4.27. The van der Waals surface area contributed by atoms with Crippen LogP contribution in [0.4, 0.5) is 0 Å². The summed E-state index contributed by atoms with van der Waals surface area (Å²) >= 11 is 0. The Hall–Kier alpha value is -0.870. The van der Waals surface area contributed by atoms with Crippen LogP contribution in [0, 0.1) is 0 Å².